The molecule has 0 aromatic heterocycles. The van der Waals surface area contributed by atoms with Gasteiger partial charge in [0.25, 0.3) is 0 Å². The molecule has 0 aliphatic carbocycles. The number of fused-ring (bicyclic) bond motifs is 1. The summed E-state index contributed by atoms with van der Waals surface area (Å²) in [4.78, 5) is 36.6. The highest BCUT2D eigenvalue weighted by Gasteiger charge is 2.31. The lowest BCUT2D eigenvalue weighted by Crippen LogP contribution is -2.31. The first-order chi connectivity index (χ1) is 12.0. The van der Waals surface area contributed by atoms with Gasteiger partial charge < -0.3 is 15.4 Å². The standard InChI is InChI=1S/C19H18N2O4/c1-11-7-8-16(14(9-11)19(24)25-2)21-18(23)13-10-17(22)20-15-6-4-3-5-12(13)15/h3-9,13H,10H2,1-2H3,(H,20,22)(H,21,23). The zero-order chi connectivity index (χ0) is 18.0. The van der Waals surface area contributed by atoms with E-state index in [4.69, 9.17) is 4.74 Å². The lowest BCUT2D eigenvalue weighted by molar-refractivity contribution is -0.123. The summed E-state index contributed by atoms with van der Waals surface area (Å²) in [6.45, 7) is 1.85. The minimum atomic E-state index is -0.614. The van der Waals surface area contributed by atoms with Gasteiger partial charge in [-0.25, -0.2) is 4.79 Å². The van der Waals surface area contributed by atoms with Crippen molar-refractivity contribution in [2.24, 2.45) is 0 Å². The normalized spacial score (nSPS) is 15.8. The molecule has 1 aliphatic heterocycles. The predicted octanol–water partition coefficient (Wildman–Crippen LogP) is 2.85. The Morgan fingerprint density at radius 1 is 1.20 bits per heavy atom. The van der Waals surface area contributed by atoms with Gasteiger partial charge in [0.1, 0.15) is 0 Å². The summed E-state index contributed by atoms with van der Waals surface area (Å²) >= 11 is 0. The topological polar surface area (TPSA) is 84.5 Å². The van der Waals surface area contributed by atoms with E-state index in [0.29, 0.717) is 11.4 Å². The van der Waals surface area contributed by atoms with Gasteiger partial charge in [-0.3, -0.25) is 9.59 Å². The highest BCUT2D eigenvalue weighted by molar-refractivity contribution is 6.07. The molecule has 1 atom stereocenters. The van der Waals surface area contributed by atoms with E-state index in [1.165, 1.54) is 7.11 Å². The van der Waals surface area contributed by atoms with Crippen LogP contribution in [-0.2, 0) is 14.3 Å². The quantitative estimate of drug-likeness (QED) is 0.843. The predicted molar refractivity (Wildman–Crippen MR) is 93.6 cm³/mol. The van der Waals surface area contributed by atoms with E-state index in [1.54, 1.807) is 30.3 Å². The summed E-state index contributed by atoms with van der Waals surface area (Å²) in [5.41, 5.74) is 2.92. The minimum Gasteiger partial charge on any atom is -0.465 e. The van der Waals surface area contributed by atoms with Crippen molar-refractivity contribution in [2.45, 2.75) is 19.3 Å². The van der Waals surface area contributed by atoms with Crippen LogP contribution >= 0.6 is 0 Å². The van der Waals surface area contributed by atoms with Crippen LogP contribution in [0.25, 0.3) is 0 Å². The highest BCUT2D eigenvalue weighted by atomic mass is 16.5. The molecule has 0 saturated heterocycles. The molecular formula is C19H18N2O4. The average molecular weight is 338 g/mol. The number of ether oxygens (including phenoxy) is 1. The molecule has 3 rings (SSSR count). The number of carbonyl (C=O) groups is 3. The van der Waals surface area contributed by atoms with Crippen LogP contribution in [0.3, 0.4) is 0 Å². The summed E-state index contributed by atoms with van der Waals surface area (Å²) in [5.74, 6) is -1.69. The Morgan fingerprint density at radius 3 is 2.72 bits per heavy atom. The SMILES string of the molecule is COC(=O)c1cc(C)ccc1NC(=O)C1CC(=O)Nc2ccccc21. The number of methoxy groups -OCH3 is 1. The number of amides is 2. The smallest absolute Gasteiger partial charge is 0.339 e. The molecule has 2 aromatic rings. The van der Waals surface area contributed by atoms with Gasteiger partial charge in [0.05, 0.1) is 24.3 Å². The maximum atomic E-state index is 12.8. The molecule has 2 aromatic carbocycles. The molecule has 0 radical (unpaired) electrons. The Labute approximate surface area is 145 Å². The van der Waals surface area contributed by atoms with Crippen molar-refractivity contribution < 1.29 is 19.1 Å². The van der Waals surface area contributed by atoms with Crippen molar-refractivity contribution >= 4 is 29.2 Å². The fraction of sp³-hybridized carbons (Fsp3) is 0.211. The van der Waals surface area contributed by atoms with Gasteiger partial charge >= 0.3 is 5.97 Å². The maximum absolute atomic E-state index is 12.8. The van der Waals surface area contributed by atoms with Crippen LogP contribution in [0, 0.1) is 6.92 Å². The lowest BCUT2D eigenvalue weighted by Gasteiger charge is -2.25. The number of anilines is 2. The summed E-state index contributed by atoms with van der Waals surface area (Å²) in [7, 11) is 1.29. The molecular weight excluding hydrogens is 320 g/mol. The third-order valence-electron chi connectivity index (χ3n) is 4.15. The number of hydrogen-bond donors (Lipinski definition) is 2. The number of esters is 1. The third kappa shape index (κ3) is 3.38. The molecule has 0 bridgehead atoms. The maximum Gasteiger partial charge on any atom is 0.339 e. The van der Waals surface area contributed by atoms with Crippen LogP contribution in [-0.4, -0.2) is 24.9 Å². The van der Waals surface area contributed by atoms with Crippen LogP contribution in [0.1, 0.15) is 33.8 Å². The van der Waals surface area contributed by atoms with E-state index in [9.17, 15) is 14.4 Å². The van der Waals surface area contributed by atoms with Crippen molar-refractivity contribution in [3.05, 3.63) is 59.2 Å². The molecule has 1 unspecified atom stereocenters. The van der Waals surface area contributed by atoms with Gasteiger partial charge in [-0.05, 0) is 30.7 Å². The minimum absolute atomic E-state index is 0.0578. The number of nitrogens with one attached hydrogen (secondary N) is 2. The zero-order valence-electron chi connectivity index (χ0n) is 14.0. The van der Waals surface area contributed by atoms with Crippen molar-refractivity contribution in [1.29, 1.82) is 0 Å². The van der Waals surface area contributed by atoms with Crippen molar-refractivity contribution in [1.82, 2.24) is 0 Å². The van der Waals surface area contributed by atoms with Crippen molar-refractivity contribution in [3.8, 4) is 0 Å². The van der Waals surface area contributed by atoms with Gasteiger partial charge in [-0.1, -0.05) is 29.8 Å². The molecule has 0 fully saturated rings. The summed E-state index contributed by atoms with van der Waals surface area (Å²) in [6.07, 6.45) is 0.0578. The molecule has 0 saturated carbocycles. The Balaban J connectivity index is 1.91. The Kier molecular flexibility index (Phi) is 4.52. The summed E-state index contributed by atoms with van der Waals surface area (Å²) in [6, 6.07) is 12.3. The van der Waals surface area contributed by atoms with Crippen molar-refractivity contribution in [3.63, 3.8) is 0 Å². The largest absolute Gasteiger partial charge is 0.465 e. The zero-order valence-corrected chi connectivity index (χ0v) is 14.0. The Morgan fingerprint density at radius 2 is 1.96 bits per heavy atom. The Bertz CT molecular complexity index is 860. The first-order valence-electron chi connectivity index (χ1n) is 7.88. The van der Waals surface area contributed by atoms with Gasteiger partial charge in [0.15, 0.2) is 0 Å². The van der Waals surface area contributed by atoms with Crippen LogP contribution in [0.4, 0.5) is 11.4 Å². The first kappa shape index (κ1) is 16.7. The monoisotopic (exact) mass is 338 g/mol. The second-order valence-corrected chi connectivity index (χ2v) is 5.92. The summed E-state index contributed by atoms with van der Waals surface area (Å²) < 4.78 is 4.78. The van der Waals surface area contributed by atoms with Crippen LogP contribution in [0.15, 0.2) is 42.5 Å². The number of aryl methyl sites for hydroxylation is 1. The second-order valence-electron chi connectivity index (χ2n) is 5.92. The van der Waals surface area contributed by atoms with E-state index >= 15 is 0 Å². The van der Waals surface area contributed by atoms with Crippen LogP contribution < -0.4 is 10.6 Å². The average Bonchev–Trinajstić information content (AvgIpc) is 2.61. The van der Waals surface area contributed by atoms with E-state index in [1.807, 2.05) is 19.1 Å². The molecule has 2 N–H and O–H groups in total. The Hall–Kier alpha value is -3.15. The molecule has 0 spiro atoms. The molecule has 1 heterocycles. The molecule has 6 heteroatoms. The van der Waals surface area contributed by atoms with E-state index in [0.717, 1.165) is 11.1 Å². The fourth-order valence-corrected chi connectivity index (χ4v) is 2.91. The van der Waals surface area contributed by atoms with Crippen LogP contribution in [0.2, 0.25) is 0 Å². The number of carbonyl (C=O) groups excluding carboxylic acids is 3. The lowest BCUT2D eigenvalue weighted by atomic mass is 9.89. The first-order valence-corrected chi connectivity index (χ1v) is 7.88. The fourth-order valence-electron chi connectivity index (χ4n) is 2.91. The van der Waals surface area contributed by atoms with E-state index < -0.39 is 11.9 Å². The van der Waals surface area contributed by atoms with Gasteiger partial charge in [0.2, 0.25) is 11.8 Å². The number of benzene rings is 2. The van der Waals surface area contributed by atoms with Gasteiger partial charge in [-0.15, -0.1) is 0 Å². The number of para-hydroxylation sites is 1. The summed E-state index contributed by atoms with van der Waals surface area (Å²) in [5, 5.41) is 5.53. The molecule has 6 nitrogen and oxygen atoms in total. The molecule has 2 amide bonds. The molecule has 1 aliphatic rings. The number of rotatable bonds is 3. The number of hydrogen-bond acceptors (Lipinski definition) is 4. The van der Waals surface area contributed by atoms with Gasteiger partial charge in [-0.2, -0.15) is 0 Å². The molecule has 128 valence electrons. The van der Waals surface area contributed by atoms with Gasteiger partial charge in [0, 0.05) is 12.1 Å². The highest BCUT2D eigenvalue weighted by Crippen LogP contribution is 2.33. The molecule has 25 heavy (non-hydrogen) atoms. The van der Waals surface area contributed by atoms with Crippen LogP contribution in [0.5, 0.6) is 0 Å². The van der Waals surface area contributed by atoms with Crippen molar-refractivity contribution in [2.75, 3.05) is 17.7 Å². The third-order valence-corrected chi connectivity index (χ3v) is 4.15. The second kappa shape index (κ2) is 6.76. The van der Waals surface area contributed by atoms with E-state index in [2.05, 4.69) is 10.6 Å². The van der Waals surface area contributed by atoms with E-state index in [-0.39, 0.29) is 23.8 Å².